The second-order valence-corrected chi connectivity index (χ2v) is 9.40. The van der Waals surface area contributed by atoms with Crippen LogP contribution in [0.4, 0.5) is 0 Å². The number of benzene rings is 2. The van der Waals surface area contributed by atoms with E-state index < -0.39 is 6.10 Å². The molecule has 1 atom stereocenters. The first-order valence-corrected chi connectivity index (χ1v) is 12.1. The quantitative estimate of drug-likeness (QED) is 0.456. The maximum Gasteiger partial charge on any atom is 0.258 e. The van der Waals surface area contributed by atoms with Gasteiger partial charge in [0.05, 0.1) is 24.3 Å². The SMILES string of the molecule is Cc1c(-c2noc(-c3ccc(OC(C)C)c(C#N)c3)n2)ccc2c1CCN(CC(=O)NC[C@H](C)O)C2.Cl. The molecule has 37 heavy (non-hydrogen) atoms. The number of nitrogens with one attached hydrogen (secondary N) is 1. The Balaban J connectivity index is 0.00000380. The summed E-state index contributed by atoms with van der Waals surface area (Å²) in [4.78, 5) is 18.8. The summed E-state index contributed by atoms with van der Waals surface area (Å²) >= 11 is 0. The van der Waals surface area contributed by atoms with Crippen LogP contribution in [0.5, 0.6) is 5.75 Å². The number of hydrogen-bond donors (Lipinski definition) is 2. The van der Waals surface area contributed by atoms with Gasteiger partial charge in [-0.1, -0.05) is 17.3 Å². The smallest absolute Gasteiger partial charge is 0.258 e. The highest BCUT2D eigenvalue weighted by atomic mass is 35.5. The molecule has 2 aromatic carbocycles. The molecule has 2 heterocycles. The lowest BCUT2D eigenvalue weighted by Gasteiger charge is -2.29. The highest BCUT2D eigenvalue weighted by Crippen LogP contribution is 2.32. The molecule has 0 fully saturated rings. The maximum absolute atomic E-state index is 12.1. The Morgan fingerprint density at radius 3 is 2.78 bits per heavy atom. The average molecular weight is 526 g/mol. The van der Waals surface area contributed by atoms with Gasteiger partial charge in [0, 0.05) is 30.8 Å². The number of carbonyl (C=O) groups is 1. The summed E-state index contributed by atoms with van der Waals surface area (Å²) in [5, 5.41) is 25.8. The molecular formula is C27H32ClN5O4. The highest BCUT2D eigenvalue weighted by Gasteiger charge is 2.23. The van der Waals surface area contributed by atoms with E-state index in [1.165, 1.54) is 11.1 Å². The fourth-order valence-corrected chi connectivity index (χ4v) is 4.35. The van der Waals surface area contributed by atoms with Crippen molar-refractivity contribution in [3.8, 4) is 34.7 Å². The topological polar surface area (TPSA) is 125 Å². The molecule has 1 amide bonds. The fourth-order valence-electron chi connectivity index (χ4n) is 4.35. The Kier molecular flexibility index (Phi) is 9.27. The lowest BCUT2D eigenvalue weighted by Crippen LogP contribution is -2.41. The molecule has 0 saturated carbocycles. The van der Waals surface area contributed by atoms with Crippen molar-refractivity contribution in [2.24, 2.45) is 0 Å². The van der Waals surface area contributed by atoms with E-state index in [-0.39, 0.29) is 31.0 Å². The zero-order chi connectivity index (χ0) is 25.8. The van der Waals surface area contributed by atoms with Crippen LogP contribution in [0.1, 0.15) is 43.0 Å². The molecule has 0 bridgehead atoms. The summed E-state index contributed by atoms with van der Waals surface area (Å²) < 4.78 is 11.2. The molecular weight excluding hydrogens is 494 g/mol. The van der Waals surface area contributed by atoms with Crippen LogP contribution in [0, 0.1) is 18.3 Å². The van der Waals surface area contributed by atoms with Gasteiger partial charge < -0.3 is 19.7 Å². The zero-order valence-electron chi connectivity index (χ0n) is 21.4. The summed E-state index contributed by atoms with van der Waals surface area (Å²) in [5.74, 6) is 1.27. The van der Waals surface area contributed by atoms with E-state index in [0.717, 1.165) is 24.1 Å². The van der Waals surface area contributed by atoms with Crippen LogP contribution < -0.4 is 10.1 Å². The first-order valence-electron chi connectivity index (χ1n) is 12.1. The molecule has 0 saturated heterocycles. The summed E-state index contributed by atoms with van der Waals surface area (Å²) in [6.07, 6.45) is 0.213. The van der Waals surface area contributed by atoms with Gasteiger partial charge in [-0.15, -0.1) is 12.4 Å². The van der Waals surface area contributed by atoms with Gasteiger partial charge in [-0.25, -0.2) is 0 Å². The van der Waals surface area contributed by atoms with Crippen molar-refractivity contribution >= 4 is 18.3 Å². The molecule has 0 spiro atoms. The van der Waals surface area contributed by atoms with Crippen LogP contribution in [0.15, 0.2) is 34.9 Å². The van der Waals surface area contributed by atoms with E-state index >= 15 is 0 Å². The third-order valence-electron chi connectivity index (χ3n) is 6.11. The van der Waals surface area contributed by atoms with Crippen molar-refractivity contribution in [1.82, 2.24) is 20.4 Å². The summed E-state index contributed by atoms with van der Waals surface area (Å²) in [7, 11) is 0. The predicted octanol–water partition coefficient (Wildman–Crippen LogP) is 3.65. The molecule has 0 unspecified atom stereocenters. The van der Waals surface area contributed by atoms with Crippen LogP contribution in [-0.2, 0) is 17.8 Å². The second-order valence-electron chi connectivity index (χ2n) is 9.40. The van der Waals surface area contributed by atoms with Gasteiger partial charge >= 0.3 is 0 Å². The number of amides is 1. The average Bonchev–Trinajstić information content (AvgIpc) is 3.33. The van der Waals surface area contributed by atoms with Crippen molar-refractivity contribution in [3.63, 3.8) is 0 Å². The van der Waals surface area contributed by atoms with Crippen LogP contribution in [0.2, 0.25) is 0 Å². The van der Waals surface area contributed by atoms with E-state index in [2.05, 4.69) is 39.4 Å². The first-order chi connectivity index (χ1) is 17.2. The number of ether oxygens (including phenoxy) is 1. The zero-order valence-corrected chi connectivity index (χ0v) is 22.3. The van der Waals surface area contributed by atoms with Crippen molar-refractivity contribution < 1.29 is 19.2 Å². The molecule has 10 heteroatoms. The number of rotatable bonds is 8. The number of carbonyl (C=O) groups excluding carboxylic acids is 1. The van der Waals surface area contributed by atoms with Crippen molar-refractivity contribution in [2.75, 3.05) is 19.6 Å². The second kappa shape index (κ2) is 12.2. The molecule has 196 valence electrons. The number of nitriles is 1. The van der Waals surface area contributed by atoms with Crippen LogP contribution in [0.3, 0.4) is 0 Å². The van der Waals surface area contributed by atoms with Crippen LogP contribution >= 0.6 is 12.4 Å². The van der Waals surface area contributed by atoms with E-state index in [1.54, 1.807) is 19.1 Å². The normalized spacial score (nSPS) is 13.9. The van der Waals surface area contributed by atoms with E-state index in [0.29, 0.717) is 41.7 Å². The lowest BCUT2D eigenvalue weighted by molar-refractivity contribution is -0.122. The minimum Gasteiger partial charge on any atom is -0.490 e. The van der Waals surface area contributed by atoms with Crippen molar-refractivity contribution in [1.29, 1.82) is 5.26 Å². The third-order valence-corrected chi connectivity index (χ3v) is 6.11. The highest BCUT2D eigenvalue weighted by molar-refractivity contribution is 5.85. The monoisotopic (exact) mass is 525 g/mol. The van der Waals surface area contributed by atoms with Crippen LogP contribution in [0.25, 0.3) is 22.8 Å². The van der Waals surface area contributed by atoms with Gasteiger partial charge in [0.2, 0.25) is 11.7 Å². The Morgan fingerprint density at radius 2 is 2.08 bits per heavy atom. The number of aliphatic hydroxyl groups excluding tert-OH is 1. The lowest BCUT2D eigenvalue weighted by atomic mass is 9.91. The van der Waals surface area contributed by atoms with Gasteiger partial charge in [0.25, 0.3) is 5.89 Å². The third kappa shape index (κ3) is 6.66. The minimum absolute atomic E-state index is 0. The first kappa shape index (κ1) is 28.1. The van der Waals surface area contributed by atoms with Crippen molar-refractivity contribution in [2.45, 2.75) is 52.9 Å². The molecule has 9 nitrogen and oxygen atoms in total. The molecule has 0 aliphatic carbocycles. The van der Waals surface area contributed by atoms with E-state index in [1.807, 2.05) is 26.0 Å². The number of aromatic nitrogens is 2. The number of halogens is 1. The molecule has 0 radical (unpaired) electrons. The molecule has 2 N–H and O–H groups in total. The number of fused-ring (bicyclic) bond motifs is 1. The molecule has 1 aliphatic rings. The van der Waals surface area contributed by atoms with Gasteiger partial charge in [-0.05, 0) is 69.0 Å². The summed E-state index contributed by atoms with van der Waals surface area (Å²) in [6, 6.07) is 11.5. The Labute approximate surface area is 222 Å². The van der Waals surface area contributed by atoms with E-state index in [9.17, 15) is 15.2 Å². The number of hydrogen-bond acceptors (Lipinski definition) is 8. The number of aliphatic hydroxyl groups is 1. The minimum atomic E-state index is -0.561. The van der Waals surface area contributed by atoms with Gasteiger partial charge in [0.1, 0.15) is 11.8 Å². The molecule has 3 aromatic rings. The summed E-state index contributed by atoms with van der Waals surface area (Å²) in [5.41, 5.74) is 5.47. The summed E-state index contributed by atoms with van der Waals surface area (Å²) in [6.45, 7) is 9.52. The van der Waals surface area contributed by atoms with Crippen molar-refractivity contribution in [3.05, 3.63) is 52.6 Å². The van der Waals surface area contributed by atoms with Gasteiger partial charge in [-0.2, -0.15) is 10.2 Å². The largest absolute Gasteiger partial charge is 0.490 e. The Hall–Kier alpha value is -3.45. The number of nitrogens with zero attached hydrogens (tertiary/aromatic N) is 4. The van der Waals surface area contributed by atoms with Gasteiger partial charge in [-0.3, -0.25) is 9.69 Å². The van der Waals surface area contributed by atoms with Gasteiger partial charge in [0.15, 0.2) is 0 Å². The van der Waals surface area contributed by atoms with E-state index in [4.69, 9.17) is 9.26 Å². The Bertz CT molecular complexity index is 1300. The fraction of sp³-hybridized carbons (Fsp3) is 0.407. The Morgan fingerprint density at radius 1 is 1.30 bits per heavy atom. The maximum atomic E-state index is 12.1. The van der Waals surface area contributed by atoms with Crippen LogP contribution in [-0.4, -0.2) is 57.9 Å². The molecule has 4 rings (SSSR count). The molecule has 1 aromatic heterocycles. The molecule has 1 aliphatic heterocycles. The predicted molar refractivity (Wildman–Crippen MR) is 141 cm³/mol. The standard InChI is InChI=1S/C27H31N5O4.ClH/c1-16(2)35-24-8-6-19(11-21(24)12-28)27-30-26(31-36-27)23-7-5-20-14-32(10-9-22(20)18(23)4)15-25(34)29-13-17(3)33;/h5-8,11,16-17,33H,9-10,13-15H2,1-4H3,(H,29,34);1H/t17-;/m0./s1.